The van der Waals surface area contributed by atoms with Gasteiger partial charge in [-0.05, 0) is 53.1 Å². The van der Waals surface area contributed by atoms with Gasteiger partial charge in [-0.3, -0.25) is 19.8 Å². The zero-order valence-electron chi connectivity index (χ0n) is 20.7. The topological polar surface area (TPSA) is 135 Å². The van der Waals surface area contributed by atoms with Crippen molar-refractivity contribution >= 4 is 22.3 Å². The number of pyridine rings is 1. The van der Waals surface area contributed by atoms with Crippen LogP contribution < -0.4 is 10.5 Å². The zero-order chi connectivity index (χ0) is 25.9. The Bertz CT molecular complexity index is 1460. The molecule has 2 aromatic heterocycles. The Kier molecular flexibility index (Phi) is 6.93. The van der Waals surface area contributed by atoms with Gasteiger partial charge in [0.1, 0.15) is 6.04 Å². The summed E-state index contributed by atoms with van der Waals surface area (Å²) in [7, 11) is 1.62. The monoisotopic (exact) mass is 504 g/mol. The van der Waals surface area contributed by atoms with Crippen LogP contribution in [0, 0.1) is 17.0 Å². The lowest BCUT2D eigenvalue weighted by atomic mass is 10.0. The van der Waals surface area contributed by atoms with Crippen molar-refractivity contribution in [3.8, 4) is 0 Å². The van der Waals surface area contributed by atoms with Gasteiger partial charge in [-0.25, -0.2) is 4.68 Å². The molecule has 1 aliphatic rings. The normalized spacial score (nSPS) is 15.2. The molecule has 1 N–H and O–H groups in total. The molecular formula is C25H28N8O4. The molecule has 4 aromatic rings. The number of methoxy groups -OCH3 is 1. The number of hydrogen-bond acceptors (Lipinski definition) is 9. The minimum absolute atomic E-state index is 0.0658. The Labute approximate surface area is 212 Å². The fourth-order valence-electron chi connectivity index (χ4n) is 4.81. The molecule has 0 radical (unpaired) electrons. The number of nitro benzene ring substituents is 1. The second kappa shape index (κ2) is 10.4. The van der Waals surface area contributed by atoms with Crippen molar-refractivity contribution in [2.24, 2.45) is 0 Å². The Morgan fingerprint density at radius 1 is 1.11 bits per heavy atom. The number of H-pyrrole nitrogens is 1. The molecule has 0 aliphatic carbocycles. The van der Waals surface area contributed by atoms with E-state index in [1.807, 2.05) is 31.2 Å². The van der Waals surface area contributed by atoms with Crippen molar-refractivity contribution in [1.29, 1.82) is 0 Å². The first-order valence-corrected chi connectivity index (χ1v) is 12.1. The van der Waals surface area contributed by atoms with Crippen LogP contribution in [-0.2, 0) is 11.3 Å². The van der Waals surface area contributed by atoms with E-state index < -0.39 is 11.0 Å². The summed E-state index contributed by atoms with van der Waals surface area (Å²) in [6.07, 6.45) is 0. The summed E-state index contributed by atoms with van der Waals surface area (Å²) in [4.78, 5) is 31.4. The number of ether oxygens (including phenoxy) is 1. The van der Waals surface area contributed by atoms with Gasteiger partial charge < -0.3 is 14.6 Å². The lowest BCUT2D eigenvalue weighted by Crippen LogP contribution is -2.49. The van der Waals surface area contributed by atoms with E-state index in [-0.39, 0.29) is 11.2 Å². The minimum atomic E-state index is -0.459. The van der Waals surface area contributed by atoms with Crippen molar-refractivity contribution in [2.45, 2.75) is 19.5 Å². The molecule has 3 heterocycles. The van der Waals surface area contributed by atoms with Crippen LogP contribution in [0.3, 0.4) is 0 Å². The Morgan fingerprint density at radius 2 is 1.86 bits per heavy atom. The lowest BCUT2D eigenvalue weighted by Gasteiger charge is -2.39. The van der Waals surface area contributed by atoms with Gasteiger partial charge in [0.2, 0.25) is 0 Å². The number of rotatable bonds is 8. The average Bonchev–Trinajstić information content (AvgIpc) is 3.36. The van der Waals surface area contributed by atoms with Crippen LogP contribution in [-0.4, -0.2) is 74.9 Å². The molecule has 0 spiro atoms. The third kappa shape index (κ3) is 5.06. The Morgan fingerprint density at radius 3 is 2.57 bits per heavy atom. The average molecular weight is 505 g/mol. The van der Waals surface area contributed by atoms with E-state index in [4.69, 9.17) is 4.74 Å². The Hall–Kier alpha value is -4.16. The molecule has 1 fully saturated rings. The van der Waals surface area contributed by atoms with Crippen LogP contribution in [0.5, 0.6) is 0 Å². The first kappa shape index (κ1) is 24.5. The number of nitrogens with zero attached hydrogens (tertiary/aromatic N) is 7. The standard InChI is InChI=1S/C25H28N8O4/c1-17-3-8-22-18(15-17)16-21(25(34)26-22)23(24-27-28-29-32(24)13-14-37-2)31-11-9-30(10-12-31)19-4-6-20(7-5-19)33(35)36/h3-8,15-16,23H,9-14H2,1-2H3,(H,26,34)/t23-/m0/s1. The van der Waals surface area contributed by atoms with Gasteiger partial charge in [-0.2, -0.15) is 0 Å². The van der Waals surface area contributed by atoms with Gasteiger partial charge in [-0.15, -0.1) is 5.10 Å². The van der Waals surface area contributed by atoms with Crippen LogP contribution in [0.1, 0.15) is 23.0 Å². The number of tetrazole rings is 1. The number of aromatic amines is 1. The SMILES string of the molecule is COCCn1nnnc1[C@H](c1cc2cc(C)ccc2[nH]c1=O)N1CCN(c2ccc([N+](=O)[O-])cc2)CC1. The van der Waals surface area contributed by atoms with Gasteiger partial charge in [0.05, 0.1) is 18.1 Å². The molecule has 192 valence electrons. The van der Waals surface area contributed by atoms with E-state index in [9.17, 15) is 14.9 Å². The van der Waals surface area contributed by atoms with Crippen molar-refractivity contribution in [3.63, 3.8) is 0 Å². The number of non-ortho nitro benzene ring substituents is 1. The third-order valence-electron chi connectivity index (χ3n) is 6.74. The summed E-state index contributed by atoms with van der Waals surface area (Å²) in [5.41, 5.74) is 3.27. The quantitative estimate of drug-likeness (QED) is 0.283. The molecule has 37 heavy (non-hydrogen) atoms. The van der Waals surface area contributed by atoms with E-state index >= 15 is 0 Å². The fourth-order valence-corrected chi connectivity index (χ4v) is 4.81. The molecule has 12 heteroatoms. The summed E-state index contributed by atoms with van der Waals surface area (Å²) >= 11 is 0. The number of aryl methyl sites for hydroxylation is 1. The minimum Gasteiger partial charge on any atom is -0.383 e. The number of anilines is 1. The van der Waals surface area contributed by atoms with Crippen molar-refractivity contribution in [1.82, 2.24) is 30.1 Å². The number of aromatic nitrogens is 5. The van der Waals surface area contributed by atoms with E-state index in [0.29, 0.717) is 50.7 Å². The number of fused-ring (bicyclic) bond motifs is 1. The molecule has 12 nitrogen and oxygen atoms in total. The number of hydrogen-bond donors (Lipinski definition) is 1. The molecule has 2 aromatic carbocycles. The fraction of sp³-hybridized carbons (Fsp3) is 0.360. The maximum atomic E-state index is 13.3. The molecule has 1 atom stereocenters. The van der Waals surface area contributed by atoms with Gasteiger partial charge in [0.25, 0.3) is 11.2 Å². The van der Waals surface area contributed by atoms with Gasteiger partial charge >= 0.3 is 0 Å². The van der Waals surface area contributed by atoms with Gasteiger partial charge in [0, 0.05) is 62.2 Å². The number of nitrogens with one attached hydrogen (secondary N) is 1. The highest BCUT2D eigenvalue weighted by Gasteiger charge is 2.32. The van der Waals surface area contributed by atoms with Crippen molar-refractivity contribution in [2.75, 3.05) is 44.8 Å². The summed E-state index contributed by atoms with van der Waals surface area (Å²) in [6, 6.07) is 14.0. The summed E-state index contributed by atoms with van der Waals surface area (Å²) in [5, 5.41) is 24.4. The van der Waals surface area contributed by atoms with Crippen LogP contribution in [0.2, 0.25) is 0 Å². The molecule has 5 rings (SSSR count). The highest BCUT2D eigenvalue weighted by molar-refractivity contribution is 5.79. The van der Waals surface area contributed by atoms with E-state index in [0.717, 1.165) is 22.2 Å². The molecule has 0 unspecified atom stereocenters. The predicted molar refractivity (Wildman–Crippen MR) is 138 cm³/mol. The zero-order valence-corrected chi connectivity index (χ0v) is 20.7. The van der Waals surface area contributed by atoms with E-state index in [1.54, 1.807) is 23.9 Å². The summed E-state index contributed by atoms with van der Waals surface area (Å²) in [5.74, 6) is 0.582. The van der Waals surface area contributed by atoms with Gasteiger partial charge in [0.15, 0.2) is 5.82 Å². The second-order valence-electron chi connectivity index (χ2n) is 9.10. The van der Waals surface area contributed by atoms with Gasteiger partial charge in [-0.1, -0.05) is 11.6 Å². The van der Waals surface area contributed by atoms with Crippen molar-refractivity contribution < 1.29 is 9.66 Å². The summed E-state index contributed by atoms with van der Waals surface area (Å²) in [6.45, 7) is 5.56. The van der Waals surface area contributed by atoms with Crippen molar-refractivity contribution in [3.05, 3.63) is 86.0 Å². The molecule has 0 amide bonds. The number of piperazine rings is 1. The Balaban J connectivity index is 1.48. The highest BCUT2D eigenvalue weighted by Crippen LogP contribution is 2.29. The van der Waals surface area contributed by atoms with E-state index in [2.05, 4.69) is 30.3 Å². The first-order valence-electron chi connectivity index (χ1n) is 12.1. The predicted octanol–water partition coefficient (Wildman–Crippen LogP) is 2.29. The van der Waals surface area contributed by atoms with E-state index in [1.165, 1.54) is 12.1 Å². The molecule has 1 saturated heterocycles. The number of nitro groups is 1. The maximum absolute atomic E-state index is 13.3. The smallest absolute Gasteiger partial charge is 0.269 e. The first-order chi connectivity index (χ1) is 17.9. The second-order valence-corrected chi connectivity index (χ2v) is 9.10. The summed E-state index contributed by atoms with van der Waals surface area (Å²) < 4.78 is 6.93. The highest BCUT2D eigenvalue weighted by atomic mass is 16.6. The molecular weight excluding hydrogens is 476 g/mol. The third-order valence-corrected chi connectivity index (χ3v) is 6.74. The molecule has 0 bridgehead atoms. The maximum Gasteiger partial charge on any atom is 0.269 e. The molecule has 0 saturated carbocycles. The van der Waals surface area contributed by atoms with Crippen LogP contribution >= 0.6 is 0 Å². The lowest BCUT2D eigenvalue weighted by molar-refractivity contribution is -0.384. The number of benzene rings is 2. The van der Waals surface area contributed by atoms with Crippen LogP contribution in [0.25, 0.3) is 10.9 Å². The largest absolute Gasteiger partial charge is 0.383 e. The molecule has 1 aliphatic heterocycles. The van der Waals surface area contributed by atoms with Crippen LogP contribution in [0.15, 0.2) is 53.3 Å². The van der Waals surface area contributed by atoms with Crippen LogP contribution in [0.4, 0.5) is 11.4 Å².